The maximum atomic E-state index is 6.03. The van der Waals surface area contributed by atoms with E-state index in [0.717, 1.165) is 36.5 Å². The predicted molar refractivity (Wildman–Crippen MR) is 76.3 cm³/mol. The molecule has 0 radical (unpaired) electrons. The fraction of sp³-hybridized carbons (Fsp3) is 0.538. The molecule has 17 heavy (non-hydrogen) atoms. The third-order valence-corrected chi connectivity index (χ3v) is 3.82. The fourth-order valence-electron chi connectivity index (χ4n) is 2.18. The smallest absolute Gasteiger partial charge is 0.0721 e. The van der Waals surface area contributed by atoms with Gasteiger partial charge in [0.15, 0.2) is 0 Å². The van der Waals surface area contributed by atoms with Gasteiger partial charge in [0.1, 0.15) is 0 Å². The summed E-state index contributed by atoms with van der Waals surface area (Å²) in [6.45, 7) is 4.98. The minimum atomic E-state index is 0.288. The van der Waals surface area contributed by atoms with Crippen molar-refractivity contribution in [2.24, 2.45) is 0 Å². The van der Waals surface area contributed by atoms with Crippen LogP contribution in [0.2, 0.25) is 5.02 Å². The van der Waals surface area contributed by atoms with Crippen LogP contribution >= 0.6 is 27.5 Å². The minimum Gasteiger partial charge on any atom is -0.377 e. The van der Waals surface area contributed by atoms with Gasteiger partial charge in [0, 0.05) is 35.7 Å². The number of benzene rings is 1. The van der Waals surface area contributed by atoms with Crippen LogP contribution in [0.1, 0.15) is 18.9 Å². The molecular weight excluding hydrogens is 302 g/mol. The SMILES string of the molecule is CC1CN(c2ccc(Cl)cc2CBr)CCCO1. The normalized spacial score (nSPS) is 21.4. The van der Waals surface area contributed by atoms with Crippen LogP contribution < -0.4 is 4.90 Å². The Kier molecular flexibility index (Phi) is 4.71. The van der Waals surface area contributed by atoms with E-state index < -0.39 is 0 Å². The first-order valence-corrected chi connectivity index (χ1v) is 7.41. The molecule has 0 aromatic heterocycles. The molecule has 2 rings (SSSR count). The summed E-state index contributed by atoms with van der Waals surface area (Å²) in [4.78, 5) is 2.39. The molecule has 0 amide bonds. The van der Waals surface area contributed by atoms with E-state index in [1.165, 1.54) is 11.3 Å². The second-order valence-corrected chi connectivity index (χ2v) is 5.38. The number of anilines is 1. The lowest BCUT2D eigenvalue weighted by Gasteiger charge is -2.26. The van der Waals surface area contributed by atoms with Gasteiger partial charge in [0.25, 0.3) is 0 Å². The summed E-state index contributed by atoms with van der Waals surface area (Å²) in [5.41, 5.74) is 2.51. The van der Waals surface area contributed by atoms with Gasteiger partial charge in [-0.3, -0.25) is 0 Å². The third kappa shape index (κ3) is 3.36. The lowest BCUT2D eigenvalue weighted by molar-refractivity contribution is 0.0821. The molecule has 0 bridgehead atoms. The Labute approximate surface area is 116 Å². The number of ether oxygens (including phenoxy) is 1. The van der Waals surface area contributed by atoms with Crippen molar-refractivity contribution in [2.45, 2.75) is 24.8 Å². The van der Waals surface area contributed by atoms with Gasteiger partial charge in [-0.15, -0.1) is 0 Å². The zero-order chi connectivity index (χ0) is 12.3. The van der Waals surface area contributed by atoms with Crippen molar-refractivity contribution < 1.29 is 4.74 Å². The van der Waals surface area contributed by atoms with Crippen LogP contribution in [0, 0.1) is 0 Å². The lowest BCUT2D eigenvalue weighted by Crippen LogP contribution is -2.30. The number of rotatable bonds is 2. The van der Waals surface area contributed by atoms with Gasteiger partial charge < -0.3 is 9.64 Å². The molecule has 0 N–H and O–H groups in total. The van der Waals surface area contributed by atoms with E-state index in [0.29, 0.717) is 0 Å². The van der Waals surface area contributed by atoms with Crippen molar-refractivity contribution in [3.63, 3.8) is 0 Å². The Morgan fingerprint density at radius 1 is 1.53 bits per heavy atom. The van der Waals surface area contributed by atoms with Crippen LogP contribution in [0.4, 0.5) is 5.69 Å². The van der Waals surface area contributed by atoms with Gasteiger partial charge in [-0.05, 0) is 37.1 Å². The summed E-state index contributed by atoms with van der Waals surface area (Å²) in [5.74, 6) is 0. The van der Waals surface area contributed by atoms with Gasteiger partial charge in [-0.25, -0.2) is 0 Å². The molecule has 1 atom stereocenters. The molecular formula is C13H17BrClNO. The molecule has 4 heteroatoms. The topological polar surface area (TPSA) is 12.5 Å². The Morgan fingerprint density at radius 3 is 3.12 bits per heavy atom. The molecule has 1 aliphatic rings. The second-order valence-electron chi connectivity index (χ2n) is 4.39. The van der Waals surface area contributed by atoms with Crippen LogP contribution in [0.3, 0.4) is 0 Å². The molecule has 1 saturated heterocycles. The van der Waals surface area contributed by atoms with E-state index in [1.807, 2.05) is 12.1 Å². The summed E-state index contributed by atoms with van der Waals surface area (Å²) in [5, 5.41) is 1.62. The highest BCUT2D eigenvalue weighted by atomic mass is 79.9. The van der Waals surface area contributed by atoms with E-state index in [-0.39, 0.29) is 6.10 Å². The summed E-state index contributed by atoms with van der Waals surface area (Å²) in [7, 11) is 0. The van der Waals surface area contributed by atoms with Crippen LogP contribution in [0.5, 0.6) is 0 Å². The molecule has 1 heterocycles. The molecule has 2 nitrogen and oxygen atoms in total. The van der Waals surface area contributed by atoms with Crippen LogP contribution in [-0.2, 0) is 10.1 Å². The van der Waals surface area contributed by atoms with Crippen molar-refractivity contribution >= 4 is 33.2 Å². The molecule has 0 saturated carbocycles. The Morgan fingerprint density at radius 2 is 2.35 bits per heavy atom. The van der Waals surface area contributed by atoms with E-state index in [2.05, 4.69) is 33.8 Å². The molecule has 1 fully saturated rings. The second kappa shape index (κ2) is 6.07. The quantitative estimate of drug-likeness (QED) is 0.768. The van der Waals surface area contributed by atoms with Crippen molar-refractivity contribution in [3.05, 3.63) is 28.8 Å². The number of alkyl halides is 1. The number of hydrogen-bond donors (Lipinski definition) is 0. The first-order chi connectivity index (χ1) is 8.20. The highest BCUT2D eigenvalue weighted by Gasteiger charge is 2.17. The Bertz CT molecular complexity index is 386. The average molecular weight is 319 g/mol. The number of hydrogen-bond acceptors (Lipinski definition) is 2. The van der Waals surface area contributed by atoms with Gasteiger partial charge >= 0.3 is 0 Å². The predicted octanol–water partition coefficient (Wildman–Crippen LogP) is 3.85. The highest BCUT2D eigenvalue weighted by Crippen LogP contribution is 2.27. The third-order valence-electron chi connectivity index (χ3n) is 2.98. The summed E-state index contributed by atoms with van der Waals surface area (Å²) < 4.78 is 5.67. The van der Waals surface area contributed by atoms with Crippen molar-refractivity contribution in [1.29, 1.82) is 0 Å². The fourth-order valence-corrected chi connectivity index (χ4v) is 2.83. The van der Waals surface area contributed by atoms with Crippen LogP contribution in [-0.4, -0.2) is 25.8 Å². The Hall–Kier alpha value is -0.250. The molecule has 0 aliphatic carbocycles. The molecule has 1 aromatic carbocycles. The van der Waals surface area contributed by atoms with Crippen molar-refractivity contribution in [3.8, 4) is 0 Å². The first kappa shape index (κ1) is 13.2. The van der Waals surface area contributed by atoms with E-state index in [9.17, 15) is 0 Å². The van der Waals surface area contributed by atoms with E-state index in [1.54, 1.807) is 0 Å². The summed E-state index contributed by atoms with van der Waals surface area (Å²) >= 11 is 9.56. The molecule has 0 spiro atoms. The zero-order valence-electron chi connectivity index (χ0n) is 9.96. The van der Waals surface area contributed by atoms with E-state index >= 15 is 0 Å². The lowest BCUT2D eigenvalue weighted by atomic mass is 10.1. The average Bonchev–Trinajstić information content (AvgIpc) is 2.53. The van der Waals surface area contributed by atoms with E-state index in [4.69, 9.17) is 16.3 Å². The van der Waals surface area contributed by atoms with Crippen molar-refractivity contribution in [2.75, 3.05) is 24.6 Å². The van der Waals surface area contributed by atoms with Crippen LogP contribution in [0.15, 0.2) is 18.2 Å². The summed E-state index contributed by atoms with van der Waals surface area (Å²) in [6, 6.07) is 6.10. The standard InChI is InChI=1S/C13H17BrClNO/c1-10-9-16(5-2-6-17-10)13-4-3-12(15)7-11(13)8-14/h3-4,7,10H,2,5-6,8-9H2,1H3. The van der Waals surface area contributed by atoms with Crippen molar-refractivity contribution in [1.82, 2.24) is 0 Å². The van der Waals surface area contributed by atoms with Gasteiger partial charge in [0.05, 0.1) is 6.10 Å². The Balaban J connectivity index is 2.25. The molecule has 1 aromatic rings. The largest absolute Gasteiger partial charge is 0.377 e. The molecule has 94 valence electrons. The van der Waals surface area contributed by atoms with Gasteiger partial charge in [-0.1, -0.05) is 27.5 Å². The van der Waals surface area contributed by atoms with Gasteiger partial charge in [-0.2, -0.15) is 0 Å². The maximum Gasteiger partial charge on any atom is 0.0721 e. The number of nitrogens with zero attached hydrogens (tertiary/aromatic N) is 1. The van der Waals surface area contributed by atoms with Gasteiger partial charge in [0.2, 0.25) is 0 Å². The number of halogens is 2. The minimum absolute atomic E-state index is 0.288. The zero-order valence-corrected chi connectivity index (χ0v) is 12.3. The maximum absolute atomic E-state index is 6.03. The monoisotopic (exact) mass is 317 g/mol. The highest BCUT2D eigenvalue weighted by molar-refractivity contribution is 9.08. The summed E-state index contributed by atoms with van der Waals surface area (Å²) in [6.07, 6.45) is 1.37. The molecule has 1 aliphatic heterocycles. The van der Waals surface area contributed by atoms with Crippen LogP contribution in [0.25, 0.3) is 0 Å². The first-order valence-electron chi connectivity index (χ1n) is 5.91. The molecule has 1 unspecified atom stereocenters.